The van der Waals surface area contributed by atoms with Gasteiger partial charge >= 0.3 is 5.97 Å². The molecule has 0 aromatic heterocycles. The second-order valence-electron chi connectivity index (χ2n) is 6.50. The molecule has 0 radical (unpaired) electrons. The molecule has 0 spiro atoms. The number of carbonyl (C=O) groups is 1. The minimum absolute atomic E-state index is 0.0832. The topological polar surface area (TPSA) is 74.7 Å². The number of hydrogen-bond donors (Lipinski definition) is 1. The average molecular weight is 450 g/mol. The third kappa shape index (κ3) is 3.72. The van der Waals surface area contributed by atoms with Crippen LogP contribution in [0, 0.1) is 6.92 Å². The van der Waals surface area contributed by atoms with E-state index in [2.05, 4.69) is 15.9 Å². The molecule has 2 aromatic rings. The van der Waals surface area contributed by atoms with Crippen LogP contribution in [-0.4, -0.2) is 29.8 Å². The first-order valence-electron chi connectivity index (χ1n) is 8.56. The molecule has 2 aromatic carbocycles. The number of benzene rings is 2. The van der Waals surface area contributed by atoms with Gasteiger partial charge in [-0.15, -0.1) is 0 Å². The number of nitrogens with zero attached hydrogens (tertiary/aromatic N) is 1. The van der Waals surface area contributed by atoms with Crippen molar-refractivity contribution in [3.63, 3.8) is 0 Å². The molecule has 5 nitrogen and oxygen atoms in total. The maximum atomic E-state index is 13.4. The van der Waals surface area contributed by atoms with Crippen molar-refractivity contribution >= 4 is 31.9 Å². The molecule has 0 saturated heterocycles. The lowest BCUT2D eigenvalue weighted by Crippen LogP contribution is -2.38. The summed E-state index contributed by atoms with van der Waals surface area (Å²) in [7, 11) is -3.88. The summed E-state index contributed by atoms with van der Waals surface area (Å²) in [6, 6.07) is 12.3. The smallest absolute Gasteiger partial charge is 0.333 e. The van der Waals surface area contributed by atoms with E-state index in [1.807, 2.05) is 13.8 Å². The number of hydrogen-bond acceptors (Lipinski definition) is 3. The first-order chi connectivity index (χ1) is 12.8. The zero-order chi connectivity index (χ0) is 19.8. The van der Waals surface area contributed by atoms with Gasteiger partial charge in [-0.3, -0.25) is 0 Å². The van der Waals surface area contributed by atoms with Crippen LogP contribution in [0.3, 0.4) is 0 Å². The average Bonchev–Trinajstić information content (AvgIpc) is 3.03. The van der Waals surface area contributed by atoms with Gasteiger partial charge in [-0.05, 0) is 43.2 Å². The molecular weight excluding hydrogens is 430 g/mol. The summed E-state index contributed by atoms with van der Waals surface area (Å²) >= 11 is 3.36. The van der Waals surface area contributed by atoms with Crippen LogP contribution in [0.5, 0.6) is 0 Å². The molecule has 7 heteroatoms. The Morgan fingerprint density at radius 2 is 1.70 bits per heavy atom. The van der Waals surface area contributed by atoms with Crippen LogP contribution < -0.4 is 0 Å². The number of aryl methyl sites for hydroxylation is 1. The van der Waals surface area contributed by atoms with Crippen LogP contribution >= 0.6 is 15.9 Å². The fourth-order valence-corrected chi connectivity index (χ4v) is 5.37. The number of carboxylic acid groups (broad SMARTS) is 1. The fourth-order valence-electron chi connectivity index (χ4n) is 3.31. The van der Waals surface area contributed by atoms with E-state index in [-0.39, 0.29) is 10.5 Å². The maximum Gasteiger partial charge on any atom is 0.333 e. The zero-order valence-electron chi connectivity index (χ0n) is 15.0. The van der Waals surface area contributed by atoms with Gasteiger partial charge in [0.25, 0.3) is 0 Å². The molecule has 0 bridgehead atoms. The second kappa shape index (κ2) is 7.58. The van der Waals surface area contributed by atoms with E-state index in [9.17, 15) is 18.3 Å². The highest BCUT2D eigenvalue weighted by molar-refractivity contribution is 9.10. The van der Waals surface area contributed by atoms with Crippen LogP contribution in [0.1, 0.15) is 30.5 Å². The summed E-state index contributed by atoms with van der Waals surface area (Å²) < 4.78 is 29.0. The van der Waals surface area contributed by atoms with Gasteiger partial charge in [-0.25, -0.2) is 13.2 Å². The standard InChI is InChI=1S/C20H20BrNO4S/c1-3-16-12-18(20(23)24)19(14-6-8-15(21)9-7-14)22(16)27(25,26)17-10-4-13(2)5-11-17/h4-12,16,19H,3H2,1-2H3,(H,23,24)/t16-,19+/m1/s1. The van der Waals surface area contributed by atoms with Crippen LogP contribution in [0.4, 0.5) is 0 Å². The van der Waals surface area contributed by atoms with Gasteiger partial charge in [-0.2, -0.15) is 4.31 Å². The van der Waals surface area contributed by atoms with Gasteiger partial charge in [-0.1, -0.05) is 58.8 Å². The molecule has 3 rings (SSSR count). The second-order valence-corrected chi connectivity index (χ2v) is 9.26. The molecule has 0 saturated carbocycles. The first kappa shape index (κ1) is 19.8. The first-order valence-corrected chi connectivity index (χ1v) is 10.8. The lowest BCUT2D eigenvalue weighted by molar-refractivity contribution is -0.133. The summed E-state index contributed by atoms with van der Waals surface area (Å²) in [5.74, 6) is -1.11. The highest BCUT2D eigenvalue weighted by Gasteiger charge is 2.45. The van der Waals surface area contributed by atoms with Crippen LogP contribution in [0.2, 0.25) is 0 Å². The summed E-state index contributed by atoms with van der Waals surface area (Å²) in [6.45, 7) is 3.73. The molecule has 0 unspecified atom stereocenters. The molecule has 142 valence electrons. The molecule has 1 aliphatic heterocycles. The van der Waals surface area contributed by atoms with Crippen LogP contribution in [0.15, 0.2) is 69.5 Å². The Bertz CT molecular complexity index is 982. The fraction of sp³-hybridized carbons (Fsp3) is 0.250. The minimum atomic E-state index is -3.88. The molecule has 0 amide bonds. The Hall–Kier alpha value is -1.96. The number of rotatable bonds is 5. The van der Waals surface area contributed by atoms with E-state index >= 15 is 0 Å². The molecule has 1 heterocycles. The van der Waals surface area contributed by atoms with E-state index in [1.165, 1.54) is 4.31 Å². The van der Waals surface area contributed by atoms with Crippen molar-refractivity contribution in [3.05, 3.63) is 75.8 Å². The summed E-state index contributed by atoms with van der Waals surface area (Å²) in [6.07, 6.45) is 2.04. The van der Waals surface area contributed by atoms with E-state index in [0.29, 0.717) is 12.0 Å². The molecule has 1 N–H and O–H groups in total. The van der Waals surface area contributed by atoms with Crippen LogP contribution in [0.25, 0.3) is 0 Å². The number of sulfonamides is 1. The van der Waals surface area contributed by atoms with E-state index in [0.717, 1.165) is 10.0 Å². The van der Waals surface area contributed by atoms with Gasteiger partial charge in [0.1, 0.15) is 0 Å². The molecule has 1 aliphatic rings. The van der Waals surface area contributed by atoms with Crippen molar-refractivity contribution in [1.29, 1.82) is 0 Å². The Morgan fingerprint density at radius 1 is 1.11 bits per heavy atom. The largest absolute Gasteiger partial charge is 0.478 e. The third-order valence-electron chi connectivity index (χ3n) is 4.70. The molecule has 2 atom stereocenters. The highest BCUT2D eigenvalue weighted by Crippen LogP contribution is 2.42. The Balaban J connectivity index is 2.16. The number of halogens is 1. The maximum absolute atomic E-state index is 13.4. The Kier molecular flexibility index (Phi) is 5.55. The highest BCUT2D eigenvalue weighted by atomic mass is 79.9. The van der Waals surface area contributed by atoms with Crippen molar-refractivity contribution in [3.8, 4) is 0 Å². The molecular formula is C20H20BrNO4S. The van der Waals surface area contributed by atoms with Gasteiger partial charge in [0.2, 0.25) is 10.0 Å². The van der Waals surface area contributed by atoms with Crippen molar-refractivity contribution in [1.82, 2.24) is 4.31 Å². The summed E-state index contributed by atoms with van der Waals surface area (Å²) in [5, 5.41) is 9.70. The predicted octanol–water partition coefficient (Wildman–Crippen LogP) is 4.29. The van der Waals surface area contributed by atoms with E-state index in [4.69, 9.17) is 0 Å². The summed E-state index contributed by atoms with van der Waals surface area (Å²) in [5.41, 5.74) is 1.66. The predicted molar refractivity (Wildman–Crippen MR) is 107 cm³/mol. The SMILES string of the molecule is CC[C@@H]1C=C(C(=O)O)[C@H](c2ccc(Br)cc2)N1S(=O)(=O)c1ccc(C)cc1. The third-order valence-corrected chi connectivity index (χ3v) is 7.13. The monoisotopic (exact) mass is 449 g/mol. The van der Waals surface area contributed by atoms with Crippen molar-refractivity contribution in [2.24, 2.45) is 0 Å². The number of aliphatic carboxylic acids is 1. The number of carboxylic acids is 1. The quantitative estimate of drug-likeness (QED) is 0.738. The van der Waals surface area contributed by atoms with Crippen molar-refractivity contribution in [2.75, 3.05) is 0 Å². The minimum Gasteiger partial charge on any atom is -0.478 e. The molecule has 0 aliphatic carbocycles. The van der Waals surface area contributed by atoms with Gasteiger partial charge in [0, 0.05) is 10.5 Å². The van der Waals surface area contributed by atoms with Gasteiger partial charge < -0.3 is 5.11 Å². The molecule has 27 heavy (non-hydrogen) atoms. The Morgan fingerprint density at radius 3 is 2.22 bits per heavy atom. The zero-order valence-corrected chi connectivity index (χ0v) is 17.4. The summed E-state index contributed by atoms with van der Waals surface area (Å²) in [4.78, 5) is 12.0. The van der Waals surface area contributed by atoms with E-state index < -0.39 is 28.1 Å². The molecule has 0 fully saturated rings. The van der Waals surface area contributed by atoms with Crippen molar-refractivity contribution < 1.29 is 18.3 Å². The normalized spacial score (nSPS) is 20.5. The Labute approximate surface area is 167 Å². The van der Waals surface area contributed by atoms with Gasteiger partial charge in [0.05, 0.1) is 16.5 Å². The van der Waals surface area contributed by atoms with Crippen LogP contribution in [-0.2, 0) is 14.8 Å². The lowest BCUT2D eigenvalue weighted by Gasteiger charge is -2.30. The van der Waals surface area contributed by atoms with E-state index in [1.54, 1.807) is 54.6 Å². The van der Waals surface area contributed by atoms with Gasteiger partial charge in [0.15, 0.2) is 0 Å². The van der Waals surface area contributed by atoms with Crippen molar-refractivity contribution in [2.45, 2.75) is 37.2 Å². The lowest BCUT2D eigenvalue weighted by atomic mass is 10.0.